The number of aryl methyl sites for hydroxylation is 2. The first-order chi connectivity index (χ1) is 8.69. The number of hydrogen-bond donors (Lipinski definition) is 2. The molecule has 1 aromatic heterocycles. The van der Waals surface area contributed by atoms with Crippen LogP contribution < -0.4 is 10.6 Å². The van der Waals surface area contributed by atoms with Crippen LogP contribution in [0.2, 0.25) is 0 Å². The Morgan fingerprint density at radius 1 is 1.42 bits per heavy atom. The minimum absolute atomic E-state index is 0. The lowest BCUT2D eigenvalue weighted by Gasteiger charge is -2.28. The summed E-state index contributed by atoms with van der Waals surface area (Å²) in [5, 5.41) is 7.98. The lowest BCUT2D eigenvalue weighted by atomic mass is 9.93. The molecule has 0 spiro atoms. The number of aromatic nitrogens is 1. The Morgan fingerprint density at radius 3 is 2.63 bits per heavy atom. The number of hydrogen-bond acceptors (Lipinski definition) is 3. The third-order valence-corrected chi connectivity index (χ3v) is 4.51. The monoisotopic (exact) mass is 394 g/mol. The Hall–Kier alpha value is -0.370. The molecule has 1 aliphatic rings. The third kappa shape index (κ3) is 4.91. The summed E-state index contributed by atoms with van der Waals surface area (Å²) in [7, 11) is 1.83. The Bertz CT molecular complexity index is 407. The van der Waals surface area contributed by atoms with E-state index in [1.807, 2.05) is 7.05 Å². The van der Waals surface area contributed by atoms with E-state index in [0.29, 0.717) is 6.04 Å². The average molecular weight is 394 g/mol. The molecular formula is C13H23IN4S. The fourth-order valence-electron chi connectivity index (χ4n) is 1.87. The average Bonchev–Trinajstić information content (AvgIpc) is 2.60. The topological polar surface area (TPSA) is 49.3 Å². The predicted molar refractivity (Wildman–Crippen MR) is 92.8 cm³/mol. The van der Waals surface area contributed by atoms with Gasteiger partial charge >= 0.3 is 0 Å². The molecule has 108 valence electrons. The maximum absolute atomic E-state index is 4.54. The molecule has 1 fully saturated rings. The molecule has 0 unspecified atom stereocenters. The molecular weight excluding hydrogens is 371 g/mol. The molecule has 4 nitrogen and oxygen atoms in total. The summed E-state index contributed by atoms with van der Waals surface area (Å²) >= 11 is 1.79. The van der Waals surface area contributed by atoms with Crippen molar-refractivity contribution >= 4 is 41.3 Å². The molecule has 1 aromatic rings. The van der Waals surface area contributed by atoms with Crippen molar-refractivity contribution in [1.82, 2.24) is 15.6 Å². The van der Waals surface area contributed by atoms with Gasteiger partial charge in [-0.05, 0) is 33.1 Å². The van der Waals surface area contributed by atoms with Crippen LogP contribution in [0.1, 0.15) is 34.8 Å². The number of guanidine groups is 1. The van der Waals surface area contributed by atoms with E-state index in [4.69, 9.17) is 0 Å². The van der Waals surface area contributed by atoms with Gasteiger partial charge in [0.05, 0.1) is 10.7 Å². The second kappa shape index (κ2) is 8.04. The molecule has 6 heteroatoms. The first kappa shape index (κ1) is 16.7. The largest absolute Gasteiger partial charge is 0.356 e. The first-order valence-electron chi connectivity index (χ1n) is 6.59. The third-order valence-electron chi connectivity index (χ3n) is 3.37. The van der Waals surface area contributed by atoms with Crippen molar-refractivity contribution in [3.8, 4) is 0 Å². The Morgan fingerprint density at radius 2 is 2.16 bits per heavy atom. The lowest BCUT2D eigenvalue weighted by molar-refractivity contribution is 0.380. The van der Waals surface area contributed by atoms with Crippen molar-refractivity contribution in [2.24, 2.45) is 4.99 Å². The summed E-state index contributed by atoms with van der Waals surface area (Å²) in [5.74, 6) is 0.921. The Kier molecular flexibility index (Phi) is 7.06. The molecule has 2 rings (SSSR count). The van der Waals surface area contributed by atoms with E-state index >= 15 is 0 Å². The van der Waals surface area contributed by atoms with E-state index < -0.39 is 0 Å². The van der Waals surface area contributed by atoms with E-state index in [2.05, 4.69) is 34.5 Å². The van der Waals surface area contributed by atoms with Crippen LogP contribution >= 0.6 is 35.3 Å². The second-order valence-corrected chi connectivity index (χ2v) is 6.06. The smallest absolute Gasteiger partial charge is 0.191 e. The fraction of sp³-hybridized carbons (Fsp3) is 0.692. The minimum Gasteiger partial charge on any atom is -0.356 e. The number of halogens is 1. The molecule has 0 amide bonds. The van der Waals surface area contributed by atoms with Gasteiger partial charge in [0, 0.05) is 30.9 Å². The second-order valence-electron chi connectivity index (χ2n) is 4.77. The molecule has 19 heavy (non-hydrogen) atoms. The number of rotatable bonds is 4. The van der Waals surface area contributed by atoms with E-state index in [-0.39, 0.29) is 24.0 Å². The van der Waals surface area contributed by atoms with Gasteiger partial charge in [0.1, 0.15) is 0 Å². The molecule has 0 radical (unpaired) electrons. The van der Waals surface area contributed by atoms with Gasteiger partial charge in [-0.2, -0.15) is 0 Å². The molecule has 0 bridgehead atoms. The highest BCUT2D eigenvalue weighted by molar-refractivity contribution is 14.0. The van der Waals surface area contributed by atoms with Crippen molar-refractivity contribution < 1.29 is 0 Å². The van der Waals surface area contributed by atoms with Crippen molar-refractivity contribution in [2.45, 2.75) is 45.6 Å². The summed E-state index contributed by atoms with van der Waals surface area (Å²) in [5.41, 5.74) is 1.16. The lowest BCUT2D eigenvalue weighted by Crippen LogP contribution is -2.46. The van der Waals surface area contributed by atoms with Crippen LogP contribution in [0.25, 0.3) is 0 Å². The number of nitrogens with zero attached hydrogens (tertiary/aromatic N) is 2. The van der Waals surface area contributed by atoms with Crippen LogP contribution in [0.3, 0.4) is 0 Å². The fourth-order valence-corrected chi connectivity index (χ4v) is 2.81. The van der Waals surface area contributed by atoms with E-state index in [9.17, 15) is 0 Å². The van der Waals surface area contributed by atoms with Crippen LogP contribution in [0.5, 0.6) is 0 Å². The minimum atomic E-state index is 0. The van der Waals surface area contributed by atoms with Gasteiger partial charge < -0.3 is 10.6 Å². The number of nitrogens with one attached hydrogen (secondary N) is 2. The number of thiazole rings is 1. The molecule has 1 heterocycles. The van der Waals surface area contributed by atoms with Gasteiger partial charge in [0.2, 0.25) is 0 Å². The standard InChI is InChI=1S/C13H22N4S.HI/c1-9-10(2)18-12(16-9)7-8-15-13(14-3)17-11-5-4-6-11;/h11H,4-8H2,1-3H3,(H2,14,15,17);1H. The SMILES string of the molecule is CN=C(NCCc1nc(C)c(C)s1)NC1CCC1.I. The predicted octanol–water partition coefficient (Wildman–Crippen LogP) is 2.64. The van der Waals surface area contributed by atoms with Crippen molar-refractivity contribution in [2.75, 3.05) is 13.6 Å². The van der Waals surface area contributed by atoms with Gasteiger partial charge in [0.25, 0.3) is 0 Å². The normalized spacial score (nSPS) is 15.6. The summed E-state index contributed by atoms with van der Waals surface area (Å²) in [6, 6.07) is 0.626. The molecule has 0 aliphatic heterocycles. The van der Waals surface area contributed by atoms with Crippen molar-refractivity contribution in [1.29, 1.82) is 0 Å². The van der Waals surface area contributed by atoms with Crippen molar-refractivity contribution in [3.63, 3.8) is 0 Å². The Labute approximate surface area is 136 Å². The van der Waals surface area contributed by atoms with E-state index in [0.717, 1.165) is 24.6 Å². The van der Waals surface area contributed by atoms with Gasteiger partial charge in [-0.15, -0.1) is 35.3 Å². The summed E-state index contributed by atoms with van der Waals surface area (Å²) in [4.78, 5) is 10.1. The van der Waals surface area contributed by atoms with Gasteiger partial charge in [-0.1, -0.05) is 0 Å². The summed E-state index contributed by atoms with van der Waals surface area (Å²) in [6.07, 6.45) is 4.84. The highest BCUT2D eigenvalue weighted by Crippen LogP contribution is 2.18. The van der Waals surface area contributed by atoms with Gasteiger partial charge in [-0.25, -0.2) is 4.98 Å². The van der Waals surface area contributed by atoms with Crippen LogP contribution in [-0.4, -0.2) is 30.6 Å². The number of aliphatic imine (C=N–C) groups is 1. The molecule has 1 saturated carbocycles. The van der Waals surface area contributed by atoms with Crippen LogP contribution in [0.15, 0.2) is 4.99 Å². The van der Waals surface area contributed by atoms with Gasteiger partial charge in [0.15, 0.2) is 5.96 Å². The molecule has 0 aromatic carbocycles. The zero-order chi connectivity index (χ0) is 13.0. The van der Waals surface area contributed by atoms with Gasteiger partial charge in [-0.3, -0.25) is 4.99 Å². The van der Waals surface area contributed by atoms with E-state index in [1.54, 1.807) is 11.3 Å². The zero-order valence-electron chi connectivity index (χ0n) is 11.8. The van der Waals surface area contributed by atoms with Crippen molar-refractivity contribution in [3.05, 3.63) is 15.6 Å². The summed E-state index contributed by atoms with van der Waals surface area (Å²) in [6.45, 7) is 5.08. The van der Waals surface area contributed by atoms with Crippen LogP contribution in [0, 0.1) is 13.8 Å². The molecule has 1 aliphatic carbocycles. The maximum atomic E-state index is 4.54. The molecule has 0 saturated heterocycles. The first-order valence-corrected chi connectivity index (χ1v) is 7.41. The highest BCUT2D eigenvalue weighted by atomic mass is 127. The van der Waals surface area contributed by atoms with Crippen LogP contribution in [0.4, 0.5) is 0 Å². The molecule has 2 N–H and O–H groups in total. The summed E-state index contributed by atoms with van der Waals surface area (Å²) < 4.78 is 0. The quantitative estimate of drug-likeness (QED) is 0.469. The maximum Gasteiger partial charge on any atom is 0.191 e. The Balaban J connectivity index is 0.00000180. The molecule has 0 atom stereocenters. The highest BCUT2D eigenvalue weighted by Gasteiger charge is 2.17. The zero-order valence-corrected chi connectivity index (χ0v) is 15.0. The van der Waals surface area contributed by atoms with Crippen LogP contribution in [-0.2, 0) is 6.42 Å². The van der Waals surface area contributed by atoms with E-state index in [1.165, 1.54) is 29.1 Å².